The van der Waals surface area contributed by atoms with Crippen molar-refractivity contribution in [1.29, 1.82) is 0 Å². The molecule has 1 aliphatic carbocycles. The maximum atomic E-state index is 13.7. The van der Waals surface area contributed by atoms with E-state index in [0.29, 0.717) is 39.8 Å². The fraction of sp³-hybridized carbons (Fsp3) is 0.500. The zero-order valence-electron chi connectivity index (χ0n) is 16.4. The lowest BCUT2D eigenvalue weighted by molar-refractivity contribution is 0.0609. The first-order valence-corrected chi connectivity index (χ1v) is 9.80. The number of aromatic nitrogens is 4. The van der Waals surface area contributed by atoms with Crippen molar-refractivity contribution < 1.29 is 18.1 Å². The monoisotopic (exact) mass is 401 g/mol. The minimum absolute atomic E-state index is 0.129. The largest absolute Gasteiger partial charge is 0.336 e. The van der Waals surface area contributed by atoms with Gasteiger partial charge in [0, 0.05) is 23.7 Å². The summed E-state index contributed by atoms with van der Waals surface area (Å²) in [4.78, 5) is 19.8. The summed E-state index contributed by atoms with van der Waals surface area (Å²) in [6.45, 7) is 5.29. The van der Waals surface area contributed by atoms with Crippen molar-refractivity contribution in [3.8, 4) is 0 Å². The Bertz CT molecular complexity index is 1120. The zero-order valence-corrected chi connectivity index (χ0v) is 16.4. The first-order valence-electron chi connectivity index (χ1n) is 9.80. The molecule has 0 bridgehead atoms. The third kappa shape index (κ3) is 2.82. The van der Waals surface area contributed by atoms with Crippen molar-refractivity contribution in [3.05, 3.63) is 34.8 Å². The molecule has 2 aliphatic rings. The van der Waals surface area contributed by atoms with E-state index in [1.807, 2.05) is 6.07 Å². The molecule has 5 rings (SSSR count). The molecule has 0 spiro atoms. The molecule has 1 saturated carbocycles. The number of pyridine rings is 1. The van der Waals surface area contributed by atoms with E-state index in [0.717, 1.165) is 18.5 Å². The number of hydrogen-bond acceptors (Lipinski definition) is 5. The van der Waals surface area contributed by atoms with Gasteiger partial charge in [0.1, 0.15) is 11.9 Å². The number of amides is 1. The molecule has 2 atom stereocenters. The van der Waals surface area contributed by atoms with Crippen LogP contribution in [-0.2, 0) is 0 Å². The molecule has 3 aromatic heterocycles. The van der Waals surface area contributed by atoms with E-state index >= 15 is 0 Å². The number of anilines is 1. The van der Waals surface area contributed by atoms with Crippen LogP contribution in [0.25, 0.3) is 11.1 Å². The van der Waals surface area contributed by atoms with Gasteiger partial charge in [-0.05, 0) is 46.1 Å². The van der Waals surface area contributed by atoms with E-state index in [1.165, 1.54) is 4.68 Å². The van der Waals surface area contributed by atoms with Crippen LogP contribution in [-0.4, -0.2) is 38.3 Å². The molecule has 0 unspecified atom stereocenters. The van der Waals surface area contributed by atoms with Crippen molar-refractivity contribution in [2.24, 2.45) is 0 Å². The summed E-state index contributed by atoms with van der Waals surface area (Å²) in [7, 11) is 0. The second-order valence-corrected chi connectivity index (χ2v) is 8.07. The Morgan fingerprint density at radius 2 is 2.03 bits per heavy atom. The fourth-order valence-corrected chi connectivity index (χ4v) is 4.22. The Labute approximate surface area is 165 Å². The van der Waals surface area contributed by atoms with Gasteiger partial charge in [-0.1, -0.05) is 5.16 Å². The van der Waals surface area contributed by atoms with E-state index in [1.54, 1.807) is 31.7 Å². The van der Waals surface area contributed by atoms with Gasteiger partial charge in [-0.3, -0.25) is 9.69 Å². The highest BCUT2D eigenvalue weighted by molar-refractivity contribution is 6.13. The molecule has 7 nitrogen and oxygen atoms in total. The second-order valence-electron chi connectivity index (χ2n) is 8.07. The smallest absolute Gasteiger partial charge is 0.260 e. The molecular weight excluding hydrogens is 380 g/mol. The van der Waals surface area contributed by atoms with Crippen LogP contribution >= 0.6 is 0 Å². The zero-order chi connectivity index (χ0) is 20.4. The van der Waals surface area contributed by atoms with Crippen LogP contribution in [0.2, 0.25) is 0 Å². The van der Waals surface area contributed by atoms with Crippen LogP contribution in [0.15, 0.2) is 16.7 Å². The van der Waals surface area contributed by atoms with Gasteiger partial charge in [0.2, 0.25) is 0 Å². The molecule has 29 heavy (non-hydrogen) atoms. The summed E-state index contributed by atoms with van der Waals surface area (Å²) in [6, 6.07) is 2.04. The molecule has 0 saturated heterocycles. The maximum Gasteiger partial charge on any atom is 0.260 e. The van der Waals surface area contributed by atoms with Crippen molar-refractivity contribution in [3.63, 3.8) is 0 Å². The van der Waals surface area contributed by atoms with Crippen LogP contribution in [0.5, 0.6) is 0 Å². The highest BCUT2D eigenvalue weighted by Gasteiger charge is 2.40. The van der Waals surface area contributed by atoms with E-state index in [2.05, 4.69) is 15.2 Å². The molecule has 0 N–H and O–H groups in total. The Morgan fingerprint density at radius 1 is 1.28 bits per heavy atom. The predicted octanol–water partition coefficient (Wildman–Crippen LogP) is 4.16. The Morgan fingerprint density at radius 3 is 2.72 bits per heavy atom. The quantitative estimate of drug-likeness (QED) is 0.659. The molecule has 3 aromatic rings. The summed E-state index contributed by atoms with van der Waals surface area (Å²) in [5.74, 6) is 0.446. The number of halogens is 2. The van der Waals surface area contributed by atoms with Crippen molar-refractivity contribution >= 4 is 22.8 Å². The number of hydrogen-bond donors (Lipinski definition) is 0. The van der Waals surface area contributed by atoms with Crippen LogP contribution in [0.3, 0.4) is 0 Å². The number of carbonyl (C=O) groups is 1. The molecule has 4 heterocycles. The SMILES string of the molecule is Cc1cc2n(n1)[C@H](C(F)F)C[C@H](C)N2C(=O)c1cc(C2CC2)nc2onc(C)c12. The minimum Gasteiger partial charge on any atom is -0.336 e. The lowest BCUT2D eigenvalue weighted by Crippen LogP contribution is -2.46. The van der Waals surface area contributed by atoms with Gasteiger partial charge in [0.25, 0.3) is 18.0 Å². The average molecular weight is 401 g/mol. The standard InChI is InChI=1S/C20H21F2N5O2/c1-9-6-16-26(10(2)7-15(18(21)22)27(16)24-9)20(28)13-8-14(12-4-5-12)23-19-17(13)11(3)25-29-19/h6,8,10,12,15,18H,4-5,7H2,1-3H3/t10-,15-/m0/s1. The molecule has 1 fully saturated rings. The summed E-state index contributed by atoms with van der Waals surface area (Å²) in [5, 5.41) is 8.80. The van der Waals surface area contributed by atoms with Crippen molar-refractivity contribution in [1.82, 2.24) is 19.9 Å². The molecule has 152 valence electrons. The molecule has 0 aromatic carbocycles. The van der Waals surface area contributed by atoms with E-state index in [-0.39, 0.29) is 12.3 Å². The first kappa shape index (κ1) is 18.2. The number of aryl methyl sites for hydroxylation is 2. The van der Waals surface area contributed by atoms with E-state index in [9.17, 15) is 13.6 Å². The van der Waals surface area contributed by atoms with Gasteiger partial charge in [0.05, 0.1) is 22.3 Å². The highest BCUT2D eigenvalue weighted by atomic mass is 19.3. The van der Waals surface area contributed by atoms with Crippen molar-refractivity contribution in [2.45, 2.75) is 64.5 Å². The first-order chi connectivity index (χ1) is 13.8. The lowest BCUT2D eigenvalue weighted by Gasteiger charge is -2.37. The molecule has 9 heteroatoms. The van der Waals surface area contributed by atoms with Crippen LogP contribution < -0.4 is 4.90 Å². The van der Waals surface area contributed by atoms with Gasteiger partial charge in [-0.15, -0.1) is 0 Å². The van der Waals surface area contributed by atoms with E-state index < -0.39 is 18.5 Å². The van der Waals surface area contributed by atoms with Crippen molar-refractivity contribution in [2.75, 3.05) is 4.90 Å². The van der Waals surface area contributed by atoms with Crippen LogP contribution in [0.4, 0.5) is 14.6 Å². The molecule has 0 radical (unpaired) electrons. The maximum absolute atomic E-state index is 13.7. The lowest BCUT2D eigenvalue weighted by atomic mass is 10.0. The van der Waals surface area contributed by atoms with Gasteiger partial charge >= 0.3 is 0 Å². The summed E-state index contributed by atoms with van der Waals surface area (Å²) in [6.07, 6.45) is -0.366. The number of alkyl halides is 2. The number of fused-ring (bicyclic) bond motifs is 2. The average Bonchev–Trinajstić information content (AvgIpc) is 3.36. The van der Waals surface area contributed by atoms with E-state index in [4.69, 9.17) is 4.52 Å². The Hall–Kier alpha value is -2.84. The number of nitrogens with zero attached hydrogens (tertiary/aromatic N) is 5. The van der Waals surface area contributed by atoms with Crippen LogP contribution in [0.1, 0.15) is 65.6 Å². The third-order valence-electron chi connectivity index (χ3n) is 5.80. The summed E-state index contributed by atoms with van der Waals surface area (Å²) in [5.41, 5.74) is 2.78. The topological polar surface area (TPSA) is 77.0 Å². The van der Waals surface area contributed by atoms with Gasteiger partial charge < -0.3 is 4.52 Å². The number of rotatable bonds is 3. The molecular formula is C20H21F2N5O2. The third-order valence-corrected chi connectivity index (χ3v) is 5.80. The predicted molar refractivity (Wildman–Crippen MR) is 101 cm³/mol. The minimum atomic E-state index is -2.55. The molecule has 1 aliphatic heterocycles. The number of carbonyl (C=O) groups excluding carboxylic acids is 1. The Balaban J connectivity index is 1.65. The normalized spacial score (nSPS) is 21.8. The summed E-state index contributed by atoms with van der Waals surface area (Å²) >= 11 is 0. The van der Waals surface area contributed by atoms with Gasteiger partial charge in [-0.2, -0.15) is 5.10 Å². The summed E-state index contributed by atoms with van der Waals surface area (Å²) < 4.78 is 33.9. The van der Waals surface area contributed by atoms with Gasteiger partial charge in [-0.25, -0.2) is 18.4 Å². The molecule has 1 amide bonds. The Kier molecular flexibility index (Phi) is 3.97. The van der Waals surface area contributed by atoms with Gasteiger partial charge in [0.15, 0.2) is 0 Å². The van der Waals surface area contributed by atoms with Crippen LogP contribution in [0, 0.1) is 13.8 Å². The second kappa shape index (κ2) is 6.33. The highest BCUT2D eigenvalue weighted by Crippen LogP contribution is 2.42. The fourth-order valence-electron chi connectivity index (χ4n) is 4.22.